The van der Waals surface area contributed by atoms with Crippen molar-refractivity contribution in [3.8, 4) is 0 Å². The first kappa shape index (κ1) is 17.5. The summed E-state index contributed by atoms with van der Waals surface area (Å²) in [4.78, 5) is 17.4. The van der Waals surface area contributed by atoms with Gasteiger partial charge in [-0.3, -0.25) is 9.69 Å². The van der Waals surface area contributed by atoms with Gasteiger partial charge in [0.2, 0.25) is 0 Å². The quantitative estimate of drug-likeness (QED) is 0.865. The van der Waals surface area contributed by atoms with Crippen LogP contribution in [0.2, 0.25) is 0 Å². The predicted molar refractivity (Wildman–Crippen MR) is 94.1 cm³/mol. The number of aromatic nitrogens is 1. The third-order valence-corrected chi connectivity index (χ3v) is 5.27. The molecule has 0 unspecified atom stereocenters. The molecule has 1 aromatic heterocycles. The molecule has 3 rings (SSSR count). The van der Waals surface area contributed by atoms with Crippen LogP contribution in [0, 0.1) is 5.92 Å². The number of rotatable bonds is 5. The number of aryl methyl sites for hydroxylation is 1. The number of nitrogens with one attached hydrogen (secondary N) is 1. The molecule has 0 bridgehead atoms. The molecule has 134 valence electrons. The normalized spacial score (nSPS) is 26.2. The van der Waals surface area contributed by atoms with Crippen molar-refractivity contribution in [3.63, 3.8) is 0 Å². The lowest BCUT2D eigenvalue weighted by Crippen LogP contribution is -2.44. The molecular weight excluding hydrogens is 304 g/mol. The molecule has 0 saturated carbocycles. The summed E-state index contributed by atoms with van der Waals surface area (Å²) in [6.07, 6.45) is 4.12. The van der Waals surface area contributed by atoms with Crippen LogP contribution < -0.4 is 5.32 Å². The molecule has 2 aliphatic heterocycles. The second kappa shape index (κ2) is 7.68. The first-order chi connectivity index (χ1) is 11.5. The Morgan fingerprint density at radius 2 is 2.08 bits per heavy atom. The minimum absolute atomic E-state index is 0.0325. The Balaban J connectivity index is 1.66. The molecular formula is C18H30N4O2. The zero-order valence-corrected chi connectivity index (χ0v) is 15.1. The number of hydrogen-bond acceptors (Lipinski definition) is 4. The van der Waals surface area contributed by atoms with Crippen molar-refractivity contribution in [1.29, 1.82) is 0 Å². The van der Waals surface area contributed by atoms with Crippen LogP contribution in [0.5, 0.6) is 0 Å². The highest BCUT2D eigenvalue weighted by Crippen LogP contribution is 2.25. The fourth-order valence-corrected chi connectivity index (χ4v) is 4.01. The second-order valence-electron chi connectivity index (χ2n) is 7.40. The van der Waals surface area contributed by atoms with Crippen LogP contribution in [0.3, 0.4) is 0 Å². The number of likely N-dealkylation sites (tertiary alicyclic amines) is 1. The zero-order valence-electron chi connectivity index (χ0n) is 15.1. The lowest BCUT2D eigenvalue weighted by atomic mass is 10.0. The van der Waals surface area contributed by atoms with E-state index in [1.807, 2.05) is 29.9 Å². The van der Waals surface area contributed by atoms with Gasteiger partial charge in [0.25, 0.3) is 5.91 Å². The molecule has 2 atom stereocenters. The summed E-state index contributed by atoms with van der Waals surface area (Å²) in [6, 6.07) is 4.59. The van der Waals surface area contributed by atoms with Crippen LogP contribution in [0.25, 0.3) is 0 Å². The van der Waals surface area contributed by atoms with Gasteiger partial charge in [0, 0.05) is 64.1 Å². The SMILES string of the molecule is CN(C)C[C@@H]1CN(C2CCOCC2)C[C@H]1NC(=O)c1cccn1C. The maximum absolute atomic E-state index is 12.6. The van der Waals surface area contributed by atoms with Crippen molar-refractivity contribution < 1.29 is 9.53 Å². The van der Waals surface area contributed by atoms with Crippen molar-refractivity contribution >= 4 is 5.91 Å². The number of amides is 1. The average Bonchev–Trinajstić information content (AvgIpc) is 3.14. The van der Waals surface area contributed by atoms with Crippen LogP contribution in [0.15, 0.2) is 18.3 Å². The number of nitrogens with zero attached hydrogens (tertiary/aromatic N) is 3. The molecule has 2 aliphatic rings. The van der Waals surface area contributed by atoms with Gasteiger partial charge in [-0.05, 0) is 39.1 Å². The van der Waals surface area contributed by atoms with Crippen molar-refractivity contribution in [3.05, 3.63) is 24.0 Å². The third kappa shape index (κ3) is 3.99. The summed E-state index contributed by atoms with van der Waals surface area (Å²) in [6.45, 7) is 4.72. The van der Waals surface area contributed by atoms with Crippen LogP contribution in [-0.4, -0.2) is 79.3 Å². The van der Waals surface area contributed by atoms with Gasteiger partial charge in [-0.1, -0.05) is 0 Å². The molecule has 2 saturated heterocycles. The Bertz CT molecular complexity index is 551. The van der Waals surface area contributed by atoms with Gasteiger partial charge in [0.1, 0.15) is 5.69 Å². The smallest absolute Gasteiger partial charge is 0.268 e. The summed E-state index contributed by atoms with van der Waals surface area (Å²) in [5, 5.41) is 3.29. The number of ether oxygens (including phenoxy) is 1. The van der Waals surface area contributed by atoms with E-state index in [4.69, 9.17) is 4.74 Å². The van der Waals surface area contributed by atoms with Gasteiger partial charge in [-0.25, -0.2) is 0 Å². The summed E-state index contributed by atoms with van der Waals surface area (Å²) in [7, 11) is 6.12. The molecule has 0 aromatic carbocycles. The van der Waals surface area contributed by atoms with E-state index in [9.17, 15) is 4.79 Å². The van der Waals surface area contributed by atoms with Crippen molar-refractivity contribution in [2.75, 3.05) is 46.9 Å². The van der Waals surface area contributed by atoms with E-state index in [-0.39, 0.29) is 11.9 Å². The van der Waals surface area contributed by atoms with Crippen LogP contribution >= 0.6 is 0 Å². The average molecular weight is 334 g/mol. The molecule has 3 heterocycles. The summed E-state index contributed by atoms with van der Waals surface area (Å²) < 4.78 is 7.37. The predicted octanol–water partition coefficient (Wildman–Crippen LogP) is 0.796. The second-order valence-corrected chi connectivity index (χ2v) is 7.40. The van der Waals surface area contributed by atoms with E-state index in [0.717, 1.165) is 51.4 Å². The lowest BCUT2D eigenvalue weighted by Gasteiger charge is -2.31. The van der Waals surface area contributed by atoms with E-state index >= 15 is 0 Å². The highest BCUT2D eigenvalue weighted by Gasteiger charge is 2.37. The van der Waals surface area contributed by atoms with Gasteiger partial charge in [-0.2, -0.15) is 0 Å². The van der Waals surface area contributed by atoms with E-state index in [2.05, 4.69) is 29.2 Å². The molecule has 6 heteroatoms. The van der Waals surface area contributed by atoms with Crippen molar-refractivity contribution in [2.45, 2.75) is 24.9 Å². The first-order valence-electron chi connectivity index (χ1n) is 8.93. The molecule has 0 spiro atoms. The van der Waals surface area contributed by atoms with Crippen LogP contribution in [0.4, 0.5) is 0 Å². The molecule has 24 heavy (non-hydrogen) atoms. The fraction of sp³-hybridized carbons (Fsp3) is 0.722. The number of carbonyl (C=O) groups is 1. The van der Waals surface area contributed by atoms with Gasteiger partial charge in [-0.15, -0.1) is 0 Å². The highest BCUT2D eigenvalue weighted by atomic mass is 16.5. The highest BCUT2D eigenvalue weighted by molar-refractivity contribution is 5.92. The Kier molecular flexibility index (Phi) is 5.58. The molecule has 0 radical (unpaired) electrons. The minimum Gasteiger partial charge on any atom is -0.381 e. The molecule has 1 amide bonds. The maximum Gasteiger partial charge on any atom is 0.268 e. The molecule has 2 fully saturated rings. The van der Waals surface area contributed by atoms with Gasteiger partial charge in [0.15, 0.2) is 0 Å². The lowest BCUT2D eigenvalue weighted by molar-refractivity contribution is 0.0403. The Morgan fingerprint density at radius 3 is 2.71 bits per heavy atom. The largest absolute Gasteiger partial charge is 0.381 e. The van der Waals surface area contributed by atoms with E-state index in [1.54, 1.807) is 0 Å². The Hall–Kier alpha value is -1.37. The Morgan fingerprint density at radius 1 is 1.33 bits per heavy atom. The number of carbonyl (C=O) groups excluding carboxylic acids is 1. The van der Waals surface area contributed by atoms with Crippen LogP contribution in [0.1, 0.15) is 23.3 Å². The summed E-state index contributed by atoms with van der Waals surface area (Å²) in [5.74, 6) is 0.497. The third-order valence-electron chi connectivity index (χ3n) is 5.27. The van der Waals surface area contributed by atoms with Gasteiger partial charge >= 0.3 is 0 Å². The number of hydrogen-bond donors (Lipinski definition) is 1. The molecule has 6 nitrogen and oxygen atoms in total. The van der Waals surface area contributed by atoms with Crippen molar-refractivity contribution in [2.24, 2.45) is 13.0 Å². The maximum atomic E-state index is 12.6. The summed E-state index contributed by atoms with van der Waals surface area (Å²) >= 11 is 0. The summed E-state index contributed by atoms with van der Waals surface area (Å²) in [5.41, 5.74) is 0.725. The van der Waals surface area contributed by atoms with E-state index < -0.39 is 0 Å². The Labute approximate surface area is 144 Å². The molecule has 0 aliphatic carbocycles. The van der Waals surface area contributed by atoms with E-state index in [0.29, 0.717) is 12.0 Å². The van der Waals surface area contributed by atoms with Gasteiger partial charge in [0.05, 0.1) is 0 Å². The first-order valence-corrected chi connectivity index (χ1v) is 8.93. The van der Waals surface area contributed by atoms with Crippen molar-refractivity contribution in [1.82, 2.24) is 19.7 Å². The minimum atomic E-state index is 0.0325. The standard InChI is InChI=1S/C18H30N4O2/c1-20(2)11-14-12-22(15-6-9-24-10-7-15)13-16(14)19-18(23)17-5-4-8-21(17)3/h4-5,8,14-16H,6-7,9-13H2,1-3H3,(H,19,23)/t14-,16-/m1/s1. The monoisotopic (exact) mass is 334 g/mol. The molecule has 1 N–H and O–H groups in total. The molecule has 1 aromatic rings. The topological polar surface area (TPSA) is 49.7 Å². The fourth-order valence-electron chi connectivity index (χ4n) is 4.01. The zero-order chi connectivity index (χ0) is 17.1. The van der Waals surface area contributed by atoms with Crippen LogP contribution in [-0.2, 0) is 11.8 Å². The van der Waals surface area contributed by atoms with E-state index in [1.165, 1.54) is 0 Å². The van der Waals surface area contributed by atoms with Gasteiger partial charge < -0.3 is 19.5 Å².